The molecule has 0 radical (unpaired) electrons. The molecule has 0 aliphatic rings. The minimum absolute atomic E-state index is 0.492. The number of hydrogen-bond donors (Lipinski definition) is 2. The molecule has 0 amide bonds. The molecule has 3 aromatic heterocycles. The molecular formula is C18H20N8. The summed E-state index contributed by atoms with van der Waals surface area (Å²) in [7, 11) is 1.89. The fourth-order valence-electron chi connectivity index (χ4n) is 2.80. The van der Waals surface area contributed by atoms with Gasteiger partial charge in [-0.2, -0.15) is 10.2 Å². The Morgan fingerprint density at radius 2 is 1.96 bits per heavy atom. The van der Waals surface area contributed by atoms with Gasteiger partial charge in [0.2, 0.25) is 0 Å². The highest BCUT2D eigenvalue weighted by atomic mass is 15.3. The zero-order valence-electron chi connectivity index (χ0n) is 14.8. The number of anilines is 1. The van der Waals surface area contributed by atoms with Crippen LogP contribution in [0.5, 0.6) is 0 Å². The number of aryl methyl sites for hydroxylation is 2. The van der Waals surface area contributed by atoms with Crippen molar-refractivity contribution in [1.82, 2.24) is 34.9 Å². The Kier molecular flexibility index (Phi) is 4.30. The molecule has 0 saturated carbocycles. The minimum atomic E-state index is 0.492. The van der Waals surface area contributed by atoms with Gasteiger partial charge in [-0.3, -0.25) is 9.78 Å². The maximum absolute atomic E-state index is 4.65. The van der Waals surface area contributed by atoms with E-state index in [-0.39, 0.29) is 0 Å². The van der Waals surface area contributed by atoms with Gasteiger partial charge in [-0.1, -0.05) is 37.3 Å². The first kappa shape index (κ1) is 16.2. The second kappa shape index (κ2) is 6.91. The summed E-state index contributed by atoms with van der Waals surface area (Å²) in [4.78, 5) is 13.8. The molecule has 8 heteroatoms. The van der Waals surface area contributed by atoms with Gasteiger partial charge in [-0.15, -0.1) is 0 Å². The normalized spacial score (nSPS) is 11.2. The number of nitrogens with one attached hydrogen (secondary N) is 2. The summed E-state index contributed by atoms with van der Waals surface area (Å²) in [6.45, 7) is 2.61. The lowest BCUT2D eigenvalue weighted by atomic mass is 10.2. The standard InChI is InChI=1S/C18H20N8/c1-3-7-14-21-17(13-10-20-26(2)18(13)23-14)19-11-15-22-16(25-24-15)12-8-5-4-6-9-12/h4-6,8-10H,3,7,11H2,1-2H3,(H,19,21,23)(H,22,24,25). The molecule has 0 fully saturated rings. The van der Waals surface area contributed by atoms with Gasteiger partial charge in [0, 0.05) is 19.0 Å². The fraction of sp³-hybridized carbons (Fsp3) is 0.278. The van der Waals surface area contributed by atoms with E-state index in [0.29, 0.717) is 12.4 Å². The largest absolute Gasteiger partial charge is 0.362 e. The zero-order chi connectivity index (χ0) is 17.9. The number of nitrogens with zero attached hydrogens (tertiary/aromatic N) is 6. The Hall–Kier alpha value is -3.29. The first-order chi connectivity index (χ1) is 12.7. The predicted octanol–water partition coefficient (Wildman–Crippen LogP) is 2.71. The molecule has 0 aliphatic heterocycles. The summed E-state index contributed by atoms with van der Waals surface area (Å²) >= 11 is 0. The van der Waals surface area contributed by atoms with Crippen LogP contribution in [0.3, 0.4) is 0 Å². The number of fused-ring (bicyclic) bond motifs is 1. The van der Waals surface area contributed by atoms with Crippen LogP contribution in [0.1, 0.15) is 25.0 Å². The monoisotopic (exact) mass is 348 g/mol. The molecule has 8 nitrogen and oxygen atoms in total. The quantitative estimate of drug-likeness (QED) is 0.556. The Morgan fingerprint density at radius 1 is 1.12 bits per heavy atom. The second-order valence-corrected chi connectivity index (χ2v) is 6.07. The van der Waals surface area contributed by atoms with Crippen LogP contribution >= 0.6 is 0 Å². The fourth-order valence-corrected chi connectivity index (χ4v) is 2.80. The predicted molar refractivity (Wildman–Crippen MR) is 99.4 cm³/mol. The molecule has 3 heterocycles. The van der Waals surface area contributed by atoms with Crippen molar-refractivity contribution >= 4 is 16.9 Å². The van der Waals surface area contributed by atoms with Crippen molar-refractivity contribution in [3.05, 3.63) is 48.2 Å². The SMILES string of the molecule is CCCc1nc(NCc2nc(-c3ccccc3)n[nH]2)c2cnn(C)c2n1. The molecule has 132 valence electrons. The third-order valence-electron chi connectivity index (χ3n) is 4.10. The van der Waals surface area contributed by atoms with Crippen molar-refractivity contribution in [3.8, 4) is 11.4 Å². The van der Waals surface area contributed by atoms with Crippen molar-refractivity contribution in [2.45, 2.75) is 26.3 Å². The van der Waals surface area contributed by atoms with Crippen LogP contribution in [0.2, 0.25) is 0 Å². The van der Waals surface area contributed by atoms with Crippen molar-refractivity contribution in [2.24, 2.45) is 7.05 Å². The van der Waals surface area contributed by atoms with E-state index < -0.39 is 0 Å². The van der Waals surface area contributed by atoms with E-state index in [1.807, 2.05) is 37.4 Å². The number of benzene rings is 1. The molecule has 26 heavy (non-hydrogen) atoms. The van der Waals surface area contributed by atoms with Crippen LogP contribution in [0.15, 0.2) is 36.5 Å². The van der Waals surface area contributed by atoms with Crippen LogP contribution in [-0.2, 0) is 20.0 Å². The first-order valence-electron chi connectivity index (χ1n) is 8.63. The maximum Gasteiger partial charge on any atom is 0.181 e. The van der Waals surface area contributed by atoms with Gasteiger partial charge in [0.25, 0.3) is 0 Å². The highest BCUT2D eigenvalue weighted by Gasteiger charge is 2.12. The molecule has 0 saturated heterocycles. The van der Waals surface area contributed by atoms with Gasteiger partial charge < -0.3 is 5.32 Å². The lowest BCUT2D eigenvalue weighted by Crippen LogP contribution is -2.07. The summed E-state index contributed by atoms with van der Waals surface area (Å²) in [6.07, 6.45) is 3.60. The van der Waals surface area contributed by atoms with E-state index >= 15 is 0 Å². The van der Waals surface area contributed by atoms with Gasteiger partial charge >= 0.3 is 0 Å². The summed E-state index contributed by atoms with van der Waals surface area (Å²) in [5, 5.41) is 15.8. The van der Waals surface area contributed by atoms with Crippen LogP contribution < -0.4 is 5.32 Å². The van der Waals surface area contributed by atoms with Gasteiger partial charge in [0.15, 0.2) is 11.5 Å². The highest BCUT2D eigenvalue weighted by Crippen LogP contribution is 2.21. The lowest BCUT2D eigenvalue weighted by molar-refractivity contribution is 0.772. The lowest BCUT2D eigenvalue weighted by Gasteiger charge is -2.07. The summed E-state index contributed by atoms with van der Waals surface area (Å²) < 4.78 is 1.77. The van der Waals surface area contributed by atoms with E-state index in [9.17, 15) is 0 Å². The zero-order valence-corrected chi connectivity index (χ0v) is 14.8. The van der Waals surface area contributed by atoms with Crippen molar-refractivity contribution in [1.29, 1.82) is 0 Å². The third-order valence-corrected chi connectivity index (χ3v) is 4.10. The summed E-state index contributed by atoms with van der Waals surface area (Å²) in [5.74, 6) is 3.01. The minimum Gasteiger partial charge on any atom is -0.362 e. The Morgan fingerprint density at radius 3 is 2.77 bits per heavy atom. The topological polar surface area (TPSA) is 97.2 Å². The number of rotatable bonds is 6. The third kappa shape index (κ3) is 3.13. The Balaban J connectivity index is 1.57. The maximum atomic E-state index is 4.65. The van der Waals surface area contributed by atoms with Crippen molar-refractivity contribution < 1.29 is 0 Å². The van der Waals surface area contributed by atoms with E-state index in [4.69, 9.17) is 0 Å². The number of H-pyrrole nitrogens is 1. The smallest absolute Gasteiger partial charge is 0.181 e. The average Bonchev–Trinajstić information content (AvgIpc) is 3.28. The van der Waals surface area contributed by atoms with Crippen LogP contribution in [0.25, 0.3) is 22.4 Å². The molecule has 0 bridgehead atoms. The molecule has 2 N–H and O–H groups in total. The molecule has 0 atom stereocenters. The highest BCUT2D eigenvalue weighted by molar-refractivity contribution is 5.86. The Bertz CT molecular complexity index is 1020. The van der Waals surface area contributed by atoms with Crippen LogP contribution in [-0.4, -0.2) is 34.9 Å². The van der Waals surface area contributed by atoms with E-state index in [1.54, 1.807) is 10.9 Å². The van der Waals surface area contributed by atoms with Crippen LogP contribution in [0, 0.1) is 0 Å². The van der Waals surface area contributed by atoms with E-state index in [2.05, 4.69) is 42.5 Å². The van der Waals surface area contributed by atoms with Gasteiger partial charge in [0.1, 0.15) is 17.5 Å². The van der Waals surface area contributed by atoms with Crippen LogP contribution in [0.4, 0.5) is 5.82 Å². The van der Waals surface area contributed by atoms with Gasteiger partial charge in [-0.25, -0.2) is 15.0 Å². The van der Waals surface area contributed by atoms with E-state index in [1.165, 1.54) is 0 Å². The molecule has 4 rings (SSSR count). The molecule has 0 spiro atoms. The summed E-state index contributed by atoms with van der Waals surface area (Å²) in [5.41, 5.74) is 1.81. The molecule has 0 unspecified atom stereocenters. The van der Waals surface area contributed by atoms with Crippen molar-refractivity contribution in [3.63, 3.8) is 0 Å². The van der Waals surface area contributed by atoms with Gasteiger partial charge in [-0.05, 0) is 6.42 Å². The second-order valence-electron chi connectivity index (χ2n) is 6.07. The van der Waals surface area contributed by atoms with E-state index in [0.717, 1.165) is 46.9 Å². The van der Waals surface area contributed by atoms with Crippen molar-refractivity contribution in [2.75, 3.05) is 5.32 Å². The molecule has 0 aliphatic carbocycles. The molecule has 1 aromatic carbocycles. The average molecular weight is 348 g/mol. The molecule has 4 aromatic rings. The van der Waals surface area contributed by atoms with Gasteiger partial charge in [0.05, 0.1) is 18.1 Å². The molecular weight excluding hydrogens is 328 g/mol. The number of aromatic amines is 1. The summed E-state index contributed by atoms with van der Waals surface area (Å²) in [6, 6.07) is 9.89. The number of hydrogen-bond acceptors (Lipinski definition) is 6. The number of aromatic nitrogens is 7. The Labute approximate surface area is 150 Å². The first-order valence-corrected chi connectivity index (χ1v) is 8.63.